The fourth-order valence-corrected chi connectivity index (χ4v) is 10.7. The molecule has 360 valence electrons. The summed E-state index contributed by atoms with van der Waals surface area (Å²) in [4.78, 5) is 73.6. The molecule has 6 saturated heterocycles. The van der Waals surface area contributed by atoms with Gasteiger partial charge < -0.3 is 30.2 Å². The third-order valence-corrected chi connectivity index (χ3v) is 15.1. The molecule has 1 aromatic heterocycles. The third-order valence-electron chi connectivity index (χ3n) is 15.1. The van der Waals surface area contributed by atoms with Gasteiger partial charge in [0.25, 0.3) is 0 Å². The zero-order chi connectivity index (χ0) is 46.7. The Kier molecular flexibility index (Phi) is 13.8. The van der Waals surface area contributed by atoms with Gasteiger partial charge in [-0.15, -0.1) is 0 Å². The Hall–Kier alpha value is -5.62. The van der Waals surface area contributed by atoms with Crippen LogP contribution in [0.25, 0.3) is 0 Å². The van der Waals surface area contributed by atoms with Gasteiger partial charge in [-0.25, -0.2) is 23.5 Å². The van der Waals surface area contributed by atoms with E-state index in [1.807, 2.05) is 23.1 Å². The van der Waals surface area contributed by atoms with Gasteiger partial charge in [0.2, 0.25) is 17.7 Å². The fourth-order valence-electron chi connectivity index (χ4n) is 10.7. The number of likely N-dealkylation sites (tertiary alicyclic amines) is 2. The van der Waals surface area contributed by atoms with Crippen molar-refractivity contribution in [3.8, 4) is 0 Å². The average Bonchev–Trinajstić information content (AvgIpc) is 3.31. The van der Waals surface area contributed by atoms with Crippen molar-refractivity contribution in [2.24, 2.45) is 11.3 Å². The maximum atomic E-state index is 15.7. The minimum Gasteiger partial charge on any atom is -0.369 e. The van der Waals surface area contributed by atoms with Crippen LogP contribution < -0.4 is 35.6 Å². The van der Waals surface area contributed by atoms with Gasteiger partial charge in [0, 0.05) is 127 Å². The largest absolute Gasteiger partial charge is 0.369 e. The number of urea groups is 1. The predicted octanol–water partition coefficient (Wildman–Crippen LogP) is 4.66. The van der Waals surface area contributed by atoms with Gasteiger partial charge in [-0.2, -0.15) is 0 Å². The summed E-state index contributed by atoms with van der Waals surface area (Å²) in [7, 11) is 0. The van der Waals surface area contributed by atoms with Crippen molar-refractivity contribution >= 4 is 52.5 Å². The zero-order valence-corrected chi connectivity index (χ0v) is 39.1. The number of piperidine rings is 3. The molecular weight excluding hydrogens is 859 g/mol. The number of hydrogen-bond acceptors (Lipinski definition) is 12. The van der Waals surface area contributed by atoms with Crippen LogP contribution >= 0.6 is 0 Å². The molecule has 67 heavy (non-hydrogen) atoms. The first-order valence-electron chi connectivity index (χ1n) is 24.3. The first kappa shape index (κ1) is 46.5. The van der Waals surface area contributed by atoms with E-state index < -0.39 is 17.2 Å². The van der Waals surface area contributed by atoms with E-state index >= 15 is 8.78 Å². The van der Waals surface area contributed by atoms with Crippen LogP contribution in [0.15, 0.2) is 48.8 Å². The summed E-state index contributed by atoms with van der Waals surface area (Å²) in [6.45, 7) is 15.4. The second kappa shape index (κ2) is 19.9. The second-order valence-electron chi connectivity index (χ2n) is 20.3. The molecule has 18 heteroatoms. The molecule has 0 unspecified atom stereocenters. The SMILES string of the molecule is CC1(C)CCN(Cc2cc(F)c(N3CC(=O)NC4(CCN(c5cc(NCCC(=O)N6CCC(CN7CCN(c8ccc(N9CCC(=O)NC9=O)cc8)CC7)CC6)ncn5)CC4)C3)cc2F)CC1. The molecule has 6 fully saturated rings. The highest BCUT2D eigenvalue weighted by Crippen LogP contribution is 2.35. The molecular formula is C49H66F2N12O4. The lowest BCUT2D eigenvalue weighted by Crippen LogP contribution is -2.66. The lowest BCUT2D eigenvalue weighted by atomic mass is 9.82. The highest BCUT2D eigenvalue weighted by molar-refractivity contribution is 6.05. The molecule has 6 aliphatic heterocycles. The molecule has 0 radical (unpaired) electrons. The van der Waals surface area contributed by atoms with Crippen LogP contribution in [0.4, 0.5) is 42.3 Å². The summed E-state index contributed by atoms with van der Waals surface area (Å²) >= 11 is 0. The van der Waals surface area contributed by atoms with Crippen molar-refractivity contribution in [2.75, 3.05) is 123 Å². The number of hydrogen-bond donors (Lipinski definition) is 3. The molecule has 0 aliphatic carbocycles. The number of carbonyl (C=O) groups is 4. The lowest BCUT2D eigenvalue weighted by Gasteiger charge is -2.48. The Labute approximate surface area is 392 Å². The van der Waals surface area contributed by atoms with Crippen LogP contribution in [0, 0.1) is 23.0 Å². The van der Waals surface area contributed by atoms with Crippen molar-refractivity contribution in [3.63, 3.8) is 0 Å². The van der Waals surface area contributed by atoms with Crippen molar-refractivity contribution in [3.05, 3.63) is 66.0 Å². The minimum atomic E-state index is -0.579. The maximum absolute atomic E-state index is 15.7. The first-order valence-corrected chi connectivity index (χ1v) is 24.3. The summed E-state index contributed by atoms with van der Waals surface area (Å²) < 4.78 is 31.2. The van der Waals surface area contributed by atoms with E-state index in [2.05, 4.69) is 71.5 Å². The summed E-state index contributed by atoms with van der Waals surface area (Å²) in [5, 5.41) is 8.90. The summed E-state index contributed by atoms with van der Waals surface area (Å²) in [5.74, 6) is 0.702. The van der Waals surface area contributed by atoms with E-state index in [4.69, 9.17) is 0 Å². The molecule has 0 atom stereocenters. The number of anilines is 5. The Morgan fingerprint density at radius 2 is 1.48 bits per heavy atom. The molecule has 5 amide bonds. The number of halogens is 2. The minimum absolute atomic E-state index is 0.0292. The van der Waals surface area contributed by atoms with E-state index in [0.29, 0.717) is 82.3 Å². The number of rotatable bonds is 12. The van der Waals surface area contributed by atoms with Gasteiger partial charge in [-0.05, 0) is 93.3 Å². The monoisotopic (exact) mass is 925 g/mol. The quantitative estimate of drug-likeness (QED) is 0.232. The van der Waals surface area contributed by atoms with E-state index in [1.165, 1.54) is 18.5 Å². The van der Waals surface area contributed by atoms with Crippen molar-refractivity contribution in [1.82, 2.24) is 35.3 Å². The Balaban J connectivity index is 0.683. The molecule has 9 rings (SSSR count). The summed E-state index contributed by atoms with van der Waals surface area (Å²) in [5.41, 5.74) is 2.08. The molecule has 1 spiro atoms. The summed E-state index contributed by atoms with van der Waals surface area (Å²) in [6.07, 6.45) is 7.45. The maximum Gasteiger partial charge on any atom is 0.328 e. The van der Waals surface area contributed by atoms with Crippen LogP contribution in [-0.2, 0) is 20.9 Å². The molecule has 0 bridgehead atoms. The van der Waals surface area contributed by atoms with Crippen molar-refractivity contribution in [1.29, 1.82) is 0 Å². The van der Waals surface area contributed by atoms with E-state index in [0.717, 1.165) is 102 Å². The van der Waals surface area contributed by atoms with Crippen LogP contribution in [0.3, 0.4) is 0 Å². The molecule has 2 aromatic carbocycles. The molecule has 7 heterocycles. The number of aromatic nitrogens is 2. The Morgan fingerprint density at radius 3 is 2.19 bits per heavy atom. The van der Waals surface area contributed by atoms with Crippen LogP contribution in [0.1, 0.15) is 70.8 Å². The van der Waals surface area contributed by atoms with Crippen LogP contribution in [0.5, 0.6) is 0 Å². The molecule has 6 aliphatic rings. The zero-order valence-electron chi connectivity index (χ0n) is 39.1. The first-order chi connectivity index (χ1) is 32.3. The van der Waals surface area contributed by atoms with E-state index in [-0.39, 0.29) is 41.4 Å². The van der Waals surface area contributed by atoms with E-state index in [9.17, 15) is 19.2 Å². The van der Waals surface area contributed by atoms with E-state index in [1.54, 1.807) is 9.80 Å². The third kappa shape index (κ3) is 11.2. The van der Waals surface area contributed by atoms with Crippen LogP contribution in [0.2, 0.25) is 0 Å². The molecule has 0 saturated carbocycles. The Morgan fingerprint density at radius 1 is 0.761 bits per heavy atom. The number of amides is 5. The number of nitrogens with one attached hydrogen (secondary N) is 3. The number of benzene rings is 2. The van der Waals surface area contributed by atoms with Gasteiger partial charge in [-0.1, -0.05) is 13.8 Å². The fraction of sp³-hybridized carbons (Fsp3) is 0.592. The molecule has 16 nitrogen and oxygen atoms in total. The van der Waals surface area contributed by atoms with Gasteiger partial charge in [-0.3, -0.25) is 34.4 Å². The molecule has 3 N–H and O–H groups in total. The topological polar surface area (TPSA) is 153 Å². The smallest absolute Gasteiger partial charge is 0.328 e. The number of nitrogens with zero attached hydrogens (tertiary/aromatic N) is 9. The average molecular weight is 925 g/mol. The summed E-state index contributed by atoms with van der Waals surface area (Å²) in [6, 6.07) is 12.1. The van der Waals surface area contributed by atoms with Gasteiger partial charge in [0.1, 0.15) is 29.6 Å². The van der Waals surface area contributed by atoms with Crippen molar-refractivity contribution < 1.29 is 28.0 Å². The highest BCUT2D eigenvalue weighted by Gasteiger charge is 2.42. The lowest BCUT2D eigenvalue weighted by molar-refractivity contribution is -0.132. The number of piperazine rings is 2. The van der Waals surface area contributed by atoms with Gasteiger partial charge in [0.05, 0.1) is 17.8 Å². The van der Waals surface area contributed by atoms with Gasteiger partial charge >= 0.3 is 6.03 Å². The second-order valence-corrected chi connectivity index (χ2v) is 20.3. The van der Waals surface area contributed by atoms with Crippen molar-refractivity contribution in [2.45, 2.75) is 77.3 Å². The standard InChI is InChI=1S/C49H66F2N12O4/c1-48(2)11-19-57(20-12-48)31-36-27-40(51)41(28-39(36)50)62-32-45(65)56-49(33-62)13-21-60(22-14-49)43-29-42(53-34-54-43)52-15-7-46(66)61-16-8-35(9-17-61)30-58-23-25-59(26-24-58)37-3-5-38(6-4-37)63-18-10-44(64)55-47(63)67/h3-6,27-29,34-35H,7-26,30-33H2,1-2H3,(H,56,65)(H,52,53,54)(H,55,64,67). The van der Waals surface area contributed by atoms with Gasteiger partial charge in [0.15, 0.2) is 0 Å². The number of carbonyl (C=O) groups excluding carboxylic acids is 4. The number of imide groups is 1. The highest BCUT2D eigenvalue weighted by atomic mass is 19.1. The van der Waals surface area contributed by atoms with Crippen LogP contribution in [-0.4, -0.2) is 152 Å². The predicted molar refractivity (Wildman–Crippen MR) is 254 cm³/mol. The normalized spacial score (nSPS) is 22.0. The molecule has 3 aromatic rings. The Bertz CT molecular complexity index is 2270.